The van der Waals surface area contributed by atoms with Crippen molar-refractivity contribution in [2.24, 2.45) is 11.8 Å². The molecular weight excluding hydrogens is 129 g/mol. The standard InChI is InChI=1S/C6H9F3/c1-3-4(2)6(3,9)5(7)8/h3-5H,1-2H3/t3-,4-/m1/s1. The monoisotopic (exact) mass is 138 g/mol. The predicted octanol–water partition coefficient (Wildman–Crippen LogP) is 2.25. The largest absolute Gasteiger partial charge is 0.272 e. The van der Waals surface area contributed by atoms with Crippen LogP contribution < -0.4 is 0 Å². The van der Waals surface area contributed by atoms with Gasteiger partial charge in [0.05, 0.1) is 0 Å². The highest BCUT2D eigenvalue weighted by Gasteiger charge is 2.66. The Bertz CT molecular complexity index is 104. The van der Waals surface area contributed by atoms with Gasteiger partial charge in [-0.05, 0) is 0 Å². The van der Waals surface area contributed by atoms with Crippen LogP contribution in [-0.2, 0) is 0 Å². The van der Waals surface area contributed by atoms with Crippen molar-refractivity contribution >= 4 is 0 Å². The molecule has 1 aliphatic carbocycles. The lowest BCUT2D eigenvalue weighted by Gasteiger charge is -2.02. The van der Waals surface area contributed by atoms with Gasteiger partial charge in [-0.3, -0.25) is 0 Å². The summed E-state index contributed by atoms with van der Waals surface area (Å²) in [5, 5.41) is 0. The van der Waals surface area contributed by atoms with Gasteiger partial charge in [0.25, 0.3) is 6.43 Å². The molecule has 1 saturated carbocycles. The molecule has 1 rings (SSSR count). The molecule has 1 fully saturated rings. The van der Waals surface area contributed by atoms with Crippen LogP contribution in [0.4, 0.5) is 13.2 Å². The molecule has 2 atom stereocenters. The second kappa shape index (κ2) is 1.64. The van der Waals surface area contributed by atoms with Gasteiger partial charge in [0, 0.05) is 11.8 Å². The first kappa shape index (κ1) is 6.90. The Hall–Kier alpha value is -0.210. The van der Waals surface area contributed by atoms with Gasteiger partial charge in [-0.25, -0.2) is 13.2 Å². The minimum atomic E-state index is -2.80. The Labute approximate surface area is 52.1 Å². The number of rotatable bonds is 1. The van der Waals surface area contributed by atoms with Gasteiger partial charge in [-0.15, -0.1) is 0 Å². The van der Waals surface area contributed by atoms with Crippen LogP contribution in [0.15, 0.2) is 0 Å². The van der Waals surface area contributed by atoms with E-state index in [0.29, 0.717) is 0 Å². The molecule has 1 aliphatic rings. The van der Waals surface area contributed by atoms with Crippen molar-refractivity contribution in [1.29, 1.82) is 0 Å². The molecular formula is C6H9F3. The first-order valence-electron chi connectivity index (χ1n) is 2.98. The number of alkyl halides is 3. The Morgan fingerprint density at radius 1 is 1.22 bits per heavy atom. The Balaban J connectivity index is 2.60. The van der Waals surface area contributed by atoms with E-state index in [1.165, 1.54) is 13.8 Å². The quantitative estimate of drug-likeness (QED) is 0.521. The summed E-state index contributed by atoms with van der Waals surface area (Å²) in [5.41, 5.74) is -2.17. The zero-order chi connectivity index (χ0) is 7.23. The van der Waals surface area contributed by atoms with E-state index in [9.17, 15) is 13.2 Å². The van der Waals surface area contributed by atoms with Crippen LogP contribution in [0.3, 0.4) is 0 Å². The van der Waals surface area contributed by atoms with Crippen LogP contribution in [-0.4, -0.2) is 12.1 Å². The average molecular weight is 138 g/mol. The van der Waals surface area contributed by atoms with Gasteiger partial charge in [0.2, 0.25) is 0 Å². The molecule has 0 aliphatic heterocycles. The highest BCUT2D eigenvalue weighted by molar-refractivity contribution is 5.09. The van der Waals surface area contributed by atoms with Gasteiger partial charge < -0.3 is 0 Å². The predicted molar refractivity (Wildman–Crippen MR) is 28.2 cm³/mol. The molecule has 0 aromatic heterocycles. The van der Waals surface area contributed by atoms with Crippen LogP contribution >= 0.6 is 0 Å². The van der Waals surface area contributed by atoms with Crippen molar-refractivity contribution in [1.82, 2.24) is 0 Å². The summed E-state index contributed by atoms with van der Waals surface area (Å²) < 4.78 is 36.1. The fourth-order valence-electron chi connectivity index (χ4n) is 1.15. The van der Waals surface area contributed by atoms with Crippen LogP contribution in [0.5, 0.6) is 0 Å². The van der Waals surface area contributed by atoms with Crippen LogP contribution in [0.1, 0.15) is 13.8 Å². The van der Waals surface area contributed by atoms with Crippen LogP contribution in [0.25, 0.3) is 0 Å². The molecule has 0 aromatic rings. The third-order valence-electron chi connectivity index (χ3n) is 2.37. The molecule has 0 aromatic carbocycles. The summed E-state index contributed by atoms with van der Waals surface area (Å²) in [6, 6.07) is 0. The Kier molecular flexibility index (Phi) is 1.26. The highest BCUT2D eigenvalue weighted by atomic mass is 19.3. The van der Waals surface area contributed by atoms with Gasteiger partial charge >= 0.3 is 0 Å². The SMILES string of the molecule is C[C@@H]1[C@@H](C)C1(F)C(F)F. The third kappa shape index (κ3) is 0.667. The molecule has 54 valence electrons. The summed E-state index contributed by atoms with van der Waals surface area (Å²) >= 11 is 0. The summed E-state index contributed by atoms with van der Waals surface area (Å²) in [6.07, 6.45) is -2.80. The van der Waals surface area contributed by atoms with Crippen LogP contribution in [0, 0.1) is 11.8 Å². The first-order valence-corrected chi connectivity index (χ1v) is 2.98. The molecule has 9 heavy (non-hydrogen) atoms. The van der Waals surface area contributed by atoms with E-state index in [4.69, 9.17) is 0 Å². The third-order valence-corrected chi connectivity index (χ3v) is 2.37. The fourth-order valence-corrected chi connectivity index (χ4v) is 1.15. The van der Waals surface area contributed by atoms with Gasteiger partial charge in [-0.2, -0.15) is 0 Å². The number of hydrogen-bond acceptors (Lipinski definition) is 0. The number of halogens is 3. The van der Waals surface area contributed by atoms with Gasteiger partial charge in [0.15, 0.2) is 5.67 Å². The lowest BCUT2D eigenvalue weighted by atomic mass is 10.3. The van der Waals surface area contributed by atoms with Crippen molar-refractivity contribution in [3.05, 3.63) is 0 Å². The average Bonchev–Trinajstić information content (AvgIpc) is 2.22. The minimum absolute atomic E-state index is 0.461. The Morgan fingerprint density at radius 3 is 1.56 bits per heavy atom. The first-order chi connectivity index (χ1) is 4.01. The Morgan fingerprint density at radius 2 is 1.56 bits per heavy atom. The maximum absolute atomic E-state index is 12.7. The second-order valence-electron chi connectivity index (χ2n) is 2.71. The van der Waals surface area contributed by atoms with E-state index in [1.54, 1.807) is 0 Å². The van der Waals surface area contributed by atoms with Crippen molar-refractivity contribution in [3.8, 4) is 0 Å². The van der Waals surface area contributed by atoms with Crippen molar-refractivity contribution in [3.63, 3.8) is 0 Å². The van der Waals surface area contributed by atoms with E-state index >= 15 is 0 Å². The lowest BCUT2D eigenvalue weighted by Crippen LogP contribution is -2.16. The minimum Gasteiger partial charge on any atom is -0.237 e. The van der Waals surface area contributed by atoms with E-state index in [0.717, 1.165) is 0 Å². The lowest BCUT2D eigenvalue weighted by molar-refractivity contribution is 0.0176. The van der Waals surface area contributed by atoms with Gasteiger partial charge in [0.1, 0.15) is 0 Å². The molecule has 0 N–H and O–H groups in total. The molecule has 3 heteroatoms. The zero-order valence-electron chi connectivity index (χ0n) is 5.37. The van der Waals surface area contributed by atoms with E-state index in [1.807, 2.05) is 0 Å². The summed E-state index contributed by atoms with van der Waals surface area (Å²) in [4.78, 5) is 0. The van der Waals surface area contributed by atoms with Crippen molar-refractivity contribution in [2.75, 3.05) is 0 Å². The molecule has 0 nitrogen and oxygen atoms in total. The van der Waals surface area contributed by atoms with E-state index in [-0.39, 0.29) is 0 Å². The molecule has 0 bridgehead atoms. The summed E-state index contributed by atoms with van der Waals surface area (Å²) in [5.74, 6) is -0.921. The maximum atomic E-state index is 12.7. The molecule has 0 amide bonds. The van der Waals surface area contributed by atoms with Crippen molar-refractivity contribution in [2.45, 2.75) is 25.9 Å². The van der Waals surface area contributed by atoms with Crippen LogP contribution in [0.2, 0.25) is 0 Å². The summed E-state index contributed by atoms with van der Waals surface area (Å²) in [7, 11) is 0. The molecule has 0 heterocycles. The highest BCUT2D eigenvalue weighted by Crippen LogP contribution is 2.56. The topological polar surface area (TPSA) is 0 Å². The number of hydrogen-bond donors (Lipinski definition) is 0. The van der Waals surface area contributed by atoms with Crippen molar-refractivity contribution < 1.29 is 13.2 Å². The smallest absolute Gasteiger partial charge is 0.237 e. The fraction of sp³-hybridized carbons (Fsp3) is 1.00. The zero-order valence-corrected chi connectivity index (χ0v) is 5.37. The summed E-state index contributed by atoms with van der Waals surface area (Å²) in [6.45, 7) is 3.02. The molecule has 0 unspecified atom stereocenters. The molecule has 0 saturated heterocycles. The van der Waals surface area contributed by atoms with E-state index in [2.05, 4.69) is 0 Å². The normalized spacial score (nSPS) is 50.0. The van der Waals surface area contributed by atoms with E-state index < -0.39 is 23.9 Å². The second-order valence-corrected chi connectivity index (χ2v) is 2.71. The van der Waals surface area contributed by atoms with Gasteiger partial charge in [-0.1, -0.05) is 13.8 Å². The maximum Gasteiger partial charge on any atom is 0.272 e. The molecule has 0 spiro atoms. The molecule has 0 radical (unpaired) electrons.